The Morgan fingerprint density at radius 3 is 2.69 bits per heavy atom. The Morgan fingerprint density at radius 1 is 1.08 bits per heavy atom. The fourth-order valence-corrected chi connectivity index (χ4v) is 3.34. The summed E-state index contributed by atoms with van der Waals surface area (Å²) < 4.78 is 0. The number of guanidine groups is 1. The molecule has 1 amide bonds. The molecule has 0 saturated heterocycles. The van der Waals surface area contributed by atoms with Crippen molar-refractivity contribution in [3.05, 3.63) is 66.4 Å². The van der Waals surface area contributed by atoms with Crippen LogP contribution in [0.2, 0.25) is 0 Å². The summed E-state index contributed by atoms with van der Waals surface area (Å²) in [6, 6.07) is 18.3. The van der Waals surface area contributed by atoms with Gasteiger partial charge in [-0.3, -0.25) is 14.7 Å². The Hall–Kier alpha value is -3.21. The summed E-state index contributed by atoms with van der Waals surface area (Å²) in [5.74, 6) is 0.222. The number of benzene rings is 2. The molecule has 0 fully saturated rings. The van der Waals surface area contributed by atoms with Crippen LogP contribution < -0.4 is 5.73 Å². The lowest BCUT2D eigenvalue weighted by Crippen LogP contribution is -2.47. The molecule has 0 unspecified atom stereocenters. The second-order valence-corrected chi connectivity index (χ2v) is 6.87. The van der Waals surface area contributed by atoms with E-state index in [0.29, 0.717) is 6.42 Å². The van der Waals surface area contributed by atoms with E-state index in [2.05, 4.69) is 28.2 Å². The molecule has 2 heterocycles. The summed E-state index contributed by atoms with van der Waals surface area (Å²) >= 11 is 0. The number of rotatable bonds is 2. The molecule has 2 N–H and O–H groups in total. The first-order valence-electron chi connectivity index (χ1n) is 8.54. The lowest BCUT2D eigenvalue weighted by atomic mass is 9.86. The van der Waals surface area contributed by atoms with Crippen LogP contribution in [0.4, 0.5) is 0 Å². The summed E-state index contributed by atoms with van der Waals surface area (Å²) in [6.07, 6.45) is 2.17. The van der Waals surface area contributed by atoms with E-state index in [9.17, 15) is 4.79 Å². The smallest absolute Gasteiger partial charge is 0.231 e. The van der Waals surface area contributed by atoms with E-state index >= 15 is 0 Å². The van der Waals surface area contributed by atoms with Gasteiger partial charge in [0.05, 0.1) is 17.5 Å². The van der Waals surface area contributed by atoms with E-state index in [-0.39, 0.29) is 11.9 Å². The lowest BCUT2D eigenvalue weighted by Gasteiger charge is -2.33. The maximum absolute atomic E-state index is 12.2. The molecule has 26 heavy (non-hydrogen) atoms. The van der Waals surface area contributed by atoms with Crippen LogP contribution >= 0.6 is 0 Å². The molecular weight excluding hydrogens is 324 g/mol. The van der Waals surface area contributed by atoms with Gasteiger partial charge in [0.25, 0.3) is 0 Å². The molecule has 1 aliphatic heterocycles. The van der Waals surface area contributed by atoms with Crippen molar-refractivity contribution in [1.82, 2.24) is 9.88 Å². The summed E-state index contributed by atoms with van der Waals surface area (Å²) in [4.78, 5) is 22.8. The maximum Gasteiger partial charge on any atom is 0.231 e. The fraction of sp³-hybridized carbons (Fsp3) is 0.190. The van der Waals surface area contributed by atoms with Gasteiger partial charge in [-0.25, -0.2) is 4.99 Å². The van der Waals surface area contributed by atoms with Crippen LogP contribution in [0.15, 0.2) is 65.8 Å². The van der Waals surface area contributed by atoms with Crippen molar-refractivity contribution >= 4 is 22.8 Å². The summed E-state index contributed by atoms with van der Waals surface area (Å²) in [7, 11) is 1.65. The molecule has 1 atom stereocenters. The zero-order valence-corrected chi connectivity index (χ0v) is 14.8. The second kappa shape index (κ2) is 5.95. The minimum atomic E-state index is -0.659. The zero-order valence-electron chi connectivity index (χ0n) is 14.8. The Kier molecular flexibility index (Phi) is 3.72. The lowest BCUT2D eigenvalue weighted by molar-refractivity contribution is -0.128. The van der Waals surface area contributed by atoms with Gasteiger partial charge in [0.15, 0.2) is 5.96 Å². The number of fused-ring (bicyclic) bond motifs is 1. The Balaban J connectivity index is 1.78. The van der Waals surface area contributed by atoms with Crippen molar-refractivity contribution in [2.75, 3.05) is 7.05 Å². The average molecular weight is 344 g/mol. The quantitative estimate of drug-likeness (QED) is 0.775. The van der Waals surface area contributed by atoms with E-state index in [4.69, 9.17) is 5.73 Å². The van der Waals surface area contributed by atoms with Crippen molar-refractivity contribution in [2.45, 2.75) is 18.9 Å². The number of carbonyl (C=O) groups excluding carboxylic acids is 1. The first-order valence-corrected chi connectivity index (χ1v) is 8.54. The number of hydrogen-bond donors (Lipinski definition) is 1. The highest BCUT2D eigenvalue weighted by Gasteiger charge is 2.36. The Bertz CT molecular complexity index is 1040. The molecule has 3 aromatic rings. The standard InChI is InChI=1S/C21H20N4O/c1-21(12-19(26)25(2)20(22)24-21)17-8-5-7-14(11-17)16-10-15-6-3-4-9-18(15)23-13-16/h3-11,13H,12H2,1-2H3,(H2,22,24)/t21-/m0/s1. The van der Waals surface area contributed by atoms with Crippen LogP contribution in [-0.4, -0.2) is 28.8 Å². The van der Waals surface area contributed by atoms with Crippen molar-refractivity contribution in [1.29, 1.82) is 0 Å². The number of nitrogens with two attached hydrogens (primary N) is 1. The molecule has 0 bridgehead atoms. The summed E-state index contributed by atoms with van der Waals surface area (Å²) in [5.41, 5.74) is 9.29. The highest BCUT2D eigenvalue weighted by Crippen LogP contribution is 2.35. The van der Waals surface area contributed by atoms with E-state index in [1.807, 2.05) is 49.5 Å². The minimum absolute atomic E-state index is 0.0298. The molecule has 5 nitrogen and oxygen atoms in total. The van der Waals surface area contributed by atoms with Crippen LogP contribution in [0.1, 0.15) is 18.9 Å². The molecule has 0 radical (unpaired) electrons. The van der Waals surface area contributed by atoms with Crippen molar-refractivity contribution in [3.63, 3.8) is 0 Å². The summed E-state index contributed by atoms with van der Waals surface area (Å²) in [6.45, 7) is 1.95. The van der Waals surface area contributed by atoms with Gasteiger partial charge < -0.3 is 5.73 Å². The van der Waals surface area contributed by atoms with Gasteiger partial charge in [-0.1, -0.05) is 36.4 Å². The number of pyridine rings is 1. The third-order valence-electron chi connectivity index (χ3n) is 4.98. The van der Waals surface area contributed by atoms with Gasteiger partial charge in [0, 0.05) is 24.2 Å². The molecule has 5 heteroatoms. The first-order chi connectivity index (χ1) is 12.5. The number of hydrogen-bond acceptors (Lipinski definition) is 4. The zero-order chi connectivity index (χ0) is 18.3. The third-order valence-corrected chi connectivity index (χ3v) is 4.98. The van der Waals surface area contributed by atoms with E-state index in [1.54, 1.807) is 7.05 Å². The Labute approximate surface area is 152 Å². The van der Waals surface area contributed by atoms with Gasteiger partial charge in [0.2, 0.25) is 5.91 Å². The normalized spacial score (nSPS) is 20.3. The maximum atomic E-state index is 12.2. The minimum Gasteiger partial charge on any atom is -0.369 e. The molecule has 0 aliphatic carbocycles. The molecule has 1 aromatic heterocycles. The topological polar surface area (TPSA) is 71.6 Å². The van der Waals surface area contributed by atoms with E-state index in [0.717, 1.165) is 27.6 Å². The second-order valence-electron chi connectivity index (χ2n) is 6.87. The van der Waals surface area contributed by atoms with Crippen LogP contribution in [0.25, 0.3) is 22.0 Å². The molecule has 4 rings (SSSR count). The predicted octanol–water partition coefficient (Wildman–Crippen LogP) is 3.29. The van der Waals surface area contributed by atoms with Crippen LogP contribution in [0.5, 0.6) is 0 Å². The SMILES string of the molecule is CN1C(=O)C[C@@](C)(c2cccc(-c3cnc4ccccc4c3)c2)N=C1N. The van der Waals surface area contributed by atoms with Crippen LogP contribution in [-0.2, 0) is 10.3 Å². The van der Waals surface area contributed by atoms with Crippen molar-refractivity contribution in [2.24, 2.45) is 10.7 Å². The monoisotopic (exact) mass is 344 g/mol. The molecule has 130 valence electrons. The van der Waals surface area contributed by atoms with Crippen LogP contribution in [0, 0.1) is 0 Å². The van der Waals surface area contributed by atoms with Crippen molar-refractivity contribution in [3.8, 4) is 11.1 Å². The van der Waals surface area contributed by atoms with Gasteiger partial charge >= 0.3 is 0 Å². The number of amides is 1. The predicted molar refractivity (Wildman–Crippen MR) is 104 cm³/mol. The van der Waals surface area contributed by atoms with Gasteiger partial charge in [-0.15, -0.1) is 0 Å². The van der Waals surface area contributed by atoms with Gasteiger partial charge in [-0.2, -0.15) is 0 Å². The highest BCUT2D eigenvalue weighted by atomic mass is 16.2. The fourth-order valence-electron chi connectivity index (χ4n) is 3.34. The van der Waals surface area contributed by atoms with E-state index in [1.165, 1.54) is 4.90 Å². The number of carbonyl (C=O) groups is 1. The number of nitrogens with zero attached hydrogens (tertiary/aromatic N) is 3. The number of aliphatic imine (C=N–C) groups is 1. The average Bonchev–Trinajstić information content (AvgIpc) is 2.66. The third kappa shape index (κ3) is 2.71. The molecule has 1 aliphatic rings. The van der Waals surface area contributed by atoms with Gasteiger partial charge in [0.1, 0.15) is 0 Å². The Morgan fingerprint density at radius 2 is 1.88 bits per heavy atom. The first kappa shape index (κ1) is 16.3. The molecular formula is C21H20N4O. The largest absolute Gasteiger partial charge is 0.369 e. The molecule has 0 spiro atoms. The van der Waals surface area contributed by atoms with Crippen LogP contribution in [0.3, 0.4) is 0 Å². The van der Waals surface area contributed by atoms with Crippen molar-refractivity contribution < 1.29 is 4.79 Å². The van der Waals surface area contributed by atoms with E-state index < -0.39 is 5.54 Å². The number of para-hydroxylation sites is 1. The molecule has 2 aromatic carbocycles. The molecule has 0 saturated carbocycles. The highest BCUT2D eigenvalue weighted by molar-refractivity contribution is 5.98. The van der Waals surface area contributed by atoms with Gasteiger partial charge in [-0.05, 0) is 36.2 Å². The number of aromatic nitrogens is 1. The summed E-state index contributed by atoms with van der Waals surface area (Å²) in [5, 5.41) is 1.10.